The Labute approximate surface area is 156 Å². The van der Waals surface area contributed by atoms with E-state index in [1.807, 2.05) is 0 Å². The number of rotatable bonds is 4. The first-order chi connectivity index (χ1) is 12.4. The summed E-state index contributed by atoms with van der Waals surface area (Å²) in [7, 11) is -2.54. The van der Waals surface area contributed by atoms with Crippen molar-refractivity contribution in [2.24, 2.45) is 4.99 Å². The minimum atomic E-state index is -4.05. The third-order valence-corrected chi connectivity index (χ3v) is 6.92. The molecular formula is C18H18N2O4S2. The van der Waals surface area contributed by atoms with Crippen LogP contribution in [0.2, 0.25) is 0 Å². The van der Waals surface area contributed by atoms with Crippen LogP contribution in [0.4, 0.5) is 5.69 Å². The summed E-state index contributed by atoms with van der Waals surface area (Å²) in [4.78, 5) is 17.1. The van der Waals surface area contributed by atoms with Crippen LogP contribution < -0.4 is 4.74 Å². The highest BCUT2D eigenvalue weighted by Crippen LogP contribution is 2.36. The van der Waals surface area contributed by atoms with Gasteiger partial charge in [-0.05, 0) is 37.6 Å². The van der Waals surface area contributed by atoms with Crippen LogP contribution in [-0.4, -0.2) is 36.2 Å². The van der Waals surface area contributed by atoms with Crippen molar-refractivity contribution in [1.82, 2.24) is 4.31 Å². The first-order valence-corrected chi connectivity index (χ1v) is 10.2. The molecule has 1 aliphatic heterocycles. The first kappa shape index (κ1) is 18.5. The average molecular weight is 390 g/mol. The zero-order valence-electron chi connectivity index (χ0n) is 14.5. The number of aryl methyl sites for hydroxylation is 1. The summed E-state index contributed by atoms with van der Waals surface area (Å²) in [6.07, 6.45) is 0. The number of amides is 1. The second kappa shape index (κ2) is 7.13. The van der Waals surface area contributed by atoms with Crippen LogP contribution >= 0.6 is 11.8 Å². The first-order valence-electron chi connectivity index (χ1n) is 7.89. The largest absolute Gasteiger partial charge is 0.494 e. The molecule has 1 fully saturated rings. The maximum absolute atomic E-state index is 13.1. The molecule has 1 aliphatic rings. The van der Waals surface area contributed by atoms with Crippen LogP contribution in [0.25, 0.3) is 0 Å². The smallest absolute Gasteiger partial charge is 0.272 e. The van der Waals surface area contributed by atoms with Gasteiger partial charge in [-0.1, -0.05) is 42.1 Å². The van der Waals surface area contributed by atoms with Crippen molar-refractivity contribution in [1.29, 1.82) is 0 Å². The summed E-state index contributed by atoms with van der Waals surface area (Å²) in [5, 5.41) is -0.419. The van der Waals surface area contributed by atoms with E-state index in [2.05, 4.69) is 4.99 Å². The van der Waals surface area contributed by atoms with Crippen LogP contribution in [0.1, 0.15) is 12.5 Å². The maximum atomic E-state index is 13.1. The van der Waals surface area contributed by atoms with Crippen molar-refractivity contribution in [3.05, 3.63) is 54.1 Å². The number of methoxy groups -OCH3 is 1. The molecule has 1 heterocycles. The number of hydrogen-bond donors (Lipinski definition) is 0. The summed E-state index contributed by atoms with van der Waals surface area (Å²) in [6, 6.07) is 13.6. The third-order valence-electron chi connectivity index (χ3n) is 3.92. The number of sulfonamides is 1. The second-order valence-corrected chi connectivity index (χ2v) is 8.76. The molecule has 6 nitrogen and oxygen atoms in total. The van der Waals surface area contributed by atoms with E-state index >= 15 is 0 Å². The van der Waals surface area contributed by atoms with Crippen molar-refractivity contribution in [3.63, 3.8) is 0 Å². The van der Waals surface area contributed by atoms with Gasteiger partial charge in [0.2, 0.25) is 0 Å². The summed E-state index contributed by atoms with van der Waals surface area (Å²) < 4.78 is 32.4. The molecule has 1 amide bonds. The fraction of sp³-hybridized carbons (Fsp3) is 0.222. The lowest BCUT2D eigenvalue weighted by atomic mass is 10.2. The molecule has 8 heteroatoms. The van der Waals surface area contributed by atoms with Crippen molar-refractivity contribution < 1.29 is 17.9 Å². The van der Waals surface area contributed by atoms with Crippen molar-refractivity contribution in [2.45, 2.75) is 24.0 Å². The van der Waals surface area contributed by atoms with Gasteiger partial charge in [0.25, 0.3) is 15.9 Å². The summed E-state index contributed by atoms with van der Waals surface area (Å²) >= 11 is 1.11. The Morgan fingerprint density at radius 3 is 2.46 bits per heavy atom. The van der Waals surface area contributed by atoms with Gasteiger partial charge in [-0.25, -0.2) is 13.4 Å². The van der Waals surface area contributed by atoms with Gasteiger partial charge in [0.1, 0.15) is 11.4 Å². The van der Waals surface area contributed by atoms with Crippen LogP contribution in [0.3, 0.4) is 0 Å². The molecule has 136 valence electrons. The summed E-state index contributed by atoms with van der Waals surface area (Å²) in [5.41, 5.74) is 1.03. The Kier molecular flexibility index (Phi) is 5.06. The van der Waals surface area contributed by atoms with Crippen LogP contribution in [0.5, 0.6) is 5.75 Å². The Morgan fingerprint density at radius 2 is 1.77 bits per heavy atom. The number of ether oxygens (including phenoxy) is 1. The number of hydrogen-bond acceptors (Lipinski definition) is 6. The van der Waals surface area contributed by atoms with Gasteiger partial charge in [-0.3, -0.25) is 4.79 Å². The number of amidine groups is 1. The van der Waals surface area contributed by atoms with Gasteiger partial charge < -0.3 is 4.74 Å². The molecule has 0 spiro atoms. The molecule has 0 N–H and O–H groups in total. The minimum Gasteiger partial charge on any atom is -0.494 e. The Hall–Kier alpha value is -2.32. The SMILES string of the molecule is COc1ccccc1N=C1S[C@H](C)C(=O)N1S(=O)(=O)c1ccccc1C. The third kappa shape index (κ3) is 3.22. The predicted octanol–water partition coefficient (Wildman–Crippen LogP) is 3.34. The molecule has 26 heavy (non-hydrogen) atoms. The molecule has 0 radical (unpaired) electrons. The van der Waals surface area contributed by atoms with E-state index in [0.29, 0.717) is 17.0 Å². The second-order valence-electron chi connectivity index (χ2n) is 5.70. The van der Waals surface area contributed by atoms with Crippen molar-refractivity contribution in [3.8, 4) is 5.75 Å². The molecule has 0 aliphatic carbocycles. The number of carbonyl (C=O) groups is 1. The molecule has 0 bridgehead atoms. The van der Waals surface area contributed by atoms with Crippen molar-refractivity contribution >= 4 is 38.5 Å². The summed E-state index contributed by atoms with van der Waals surface area (Å²) in [6.45, 7) is 3.36. The summed E-state index contributed by atoms with van der Waals surface area (Å²) in [5.74, 6) is -0.00672. The van der Waals surface area contributed by atoms with Gasteiger partial charge in [0, 0.05) is 0 Å². The number of carbonyl (C=O) groups excluding carboxylic acids is 1. The molecule has 0 aromatic heterocycles. The van der Waals surface area contributed by atoms with Gasteiger partial charge in [-0.15, -0.1) is 0 Å². The highest BCUT2D eigenvalue weighted by atomic mass is 32.2. The normalized spacial score (nSPS) is 19.2. The lowest BCUT2D eigenvalue weighted by molar-refractivity contribution is -0.122. The van der Waals surface area contributed by atoms with Gasteiger partial charge >= 0.3 is 0 Å². The van der Waals surface area contributed by atoms with E-state index in [0.717, 1.165) is 16.1 Å². The van der Waals surface area contributed by atoms with E-state index in [-0.39, 0.29) is 10.1 Å². The van der Waals surface area contributed by atoms with Crippen LogP contribution in [0.15, 0.2) is 58.4 Å². The molecule has 2 aromatic carbocycles. The Balaban J connectivity index is 2.13. The fourth-order valence-electron chi connectivity index (χ4n) is 2.58. The number of nitrogens with zero attached hydrogens (tertiary/aromatic N) is 2. The molecule has 1 atom stereocenters. The van der Waals surface area contributed by atoms with Crippen LogP contribution in [0, 0.1) is 6.92 Å². The van der Waals surface area contributed by atoms with Crippen LogP contribution in [-0.2, 0) is 14.8 Å². The van der Waals surface area contributed by atoms with Gasteiger partial charge in [0.05, 0.1) is 17.3 Å². The average Bonchev–Trinajstić information content (AvgIpc) is 2.90. The number of aliphatic imine (C=N–C) groups is 1. The van der Waals surface area contributed by atoms with E-state index in [4.69, 9.17) is 4.74 Å². The van der Waals surface area contributed by atoms with E-state index < -0.39 is 21.2 Å². The predicted molar refractivity (Wildman–Crippen MR) is 102 cm³/mol. The molecule has 0 saturated carbocycles. The number of benzene rings is 2. The van der Waals surface area contributed by atoms with E-state index in [1.54, 1.807) is 56.3 Å². The molecule has 2 aromatic rings. The molecular weight excluding hydrogens is 372 g/mol. The topological polar surface area (TPSA) is 76.0 Å². The van der Waals surface area contributed by atoms with Gasteiger partial charge in [0.15, 0.2) is 5.17 Å². The lowest BCUT2D eigenvalue weighted by Gasteiger charge is -2.18. The highest BCUT2D eigenvalue weighted by molar-refractivity contribution is 8.17. The number of para-hydroxylation sites is 2. The molecule has 3 rings (SSSR count). The van der Waals surface area contributed by atoms with E-state index in [9.17, 15) is 13.2 Å². The molecule has 1 saturated heterocycles. The highest BCUT2D eigenvalue weighted by Gasteiger charge is 2.44. The Morgan fingerprint density at radius 1 is 1.12 bits per heavy atom. The fourth-order valence-corrected chi connectivity index (χ4v) is 5.49. The number of thioether (sulfide) groups is 1. The standard InChI is InChI=1S/C18H18N2O4S2/c1-12-8-4-7-11-16(12)26(22,23)20-17(21)13(2)25-18(20)19-14-9-5-6-10-15(14)24-3/h4-11,13H,1-3H3/t13-/m1/s1. The van der Waals surface area contributed by atoms with Crippen molar-refractivity contribution in [2.75, 3.05) is 7.11 Å². The zero-order chi connectivity index (χ0) is 18.9. The minimum absolute atomic E-state index is 0.0933. The lowest BCUT2D eigenvalue weighted by Crippen LogP contribution is -2.37. The maximum Gasteiger partial charge on any atom is 0.272 e. The molecule has 0 unspecified atom stereocenters. The quantitative estimate of drug-likeness (QED) is 0.800. The van der Waals surface area contributed by atoms with Gasteiger partial charge in [-0.2, -0.15) is 4.31 Å². The monoisotopic (exact) mass is 390 g/mol. The zero-order valence-corrected chi connectivity index (χ0v) is 16.2. The van der Waals surface area contributed by atoms with E-state index in [1.165, 1.54) is 13.2 Å². The Bertz CT molecular complexity index is 986.